The van der Waals surface area contributed by atoms with Crippen molar-refractivity contribution in [1.82, 2.24) is 0 Å². The summed E-state index contributed by atoms with van der Waals surface area (Å²) >= 11 is 5.57. The maximum Gasteiger partial charge on any atom is 0.344 e. The topological polar surface area (TPSA) is 86.7 Å². The van der Waals surface area contributed by atoms with Gasteiger partial charge >= 0.3 is 11.9 Å². The third kappa shape index (κ3) is 5.32. The zero-order valence-corrected chi connectivity index (χ0v) is 25.0. The second-order valence-electron chi connectivity index (χ2n) is 14.4. The minimum Gasteiger partial charge on any atom is -0.457 e. The molecule has 0 spiro atoms. The summed E-state index contributed by atoms with van der Waals surface area (Å²) in [6, 6.07) is 0. The summed E-state index contributed by atoms with van der Waals surface area (Å²) in [5.41, 5.74) is -1.21. The first-order valence-corrected chi connectivity index (χ1v) is 15.2. The molecule has 0 saturated heterocycles. The largest absolute Gasteiger partial charge is 0.457 e. The van der Waals surface area contributed by atoms with E-state index in [0.717, 1.165) is 38.5 Å². The molecule has 38 heavy (non-hydrogen) atoms. The van der Waals surface area contributed by atoms with Crippen LogP contribution in [0.15, 0.2) is 0 Å². The lowest BCUT2D eigenvalue weighted by atomic mass is 9.44. The number of alkyl halides is 1. The molecule has 6 nitrogen and oxygen atoms in total. The Bertz CT molecular complexity index is 975. The highest BCUT2D eigenvalue weighted by Crippen LogP contribution is 2.68. The molecule has 0 aromatic heterocycles. The van der Waals surface area contributed by atoms with Crippen molar-refractivity contribution in [2.75, 3.05) is 12.5 Å². The van der Waals surface area contributed by atoms with Gasteiger partial charge in [-0.15, -0.1) is 11.6 Å². The van der Waals surface area contributed by atoms with Crippen LogP contribution in [-0.4, -0.2) is 41.6 Å². The van der Waals surface area contributed by atoms with Gasteiger partial charge in [0.25, 0.3) is 0 Å². The Kier molecular flexibility index (Phi) is 8.18. The Hall–Kier alpha value is -1.43. The fourth-order valence-electron chi connectivity index (χ4n) is 9.41. The molecule has 0 bridgehead atoms. The number of ketones is 2. The highest BCUT2D eigenvalue weighted by atomic mass is 35.5. The molecule has 4 rings (SSSR count). The van der Waals surface area contributed by atoms with Crippen LogP contribution in [0.3, 0.4) is 0 Å². The van der Waals surface area contributed by atoms with Crippen molar-refractivity contribution in [1.29, 1.82) is 0 Å². The lowest BCUT2D eigenvalue weighted by molar-refractivity contribution is -0.187. The smallest absolute Gasteiger partial charge is 0.344 e. The van der Waals surface area contributed by atoms with Gasteiger partial charge in [-0.3, -0.25) is 14.4 Å². The lowest BCUT2D eigenvalue weighted by Gasteiger charge is -2.62. The molecular weight excluding hydrogens is 504 g/mol. The Balaban J connectivity index is 1.35. The van der Waals surface area contributed by atoms with Crippen LogP contribution in [0.1, 0.15) is 106 Å². The molecule has 0 amide bonds. The van der Waals surface area contributed by atoms with Crippen molar-refractivity contribution in [3.8, 4) is 0 Å². The van der Waals surface area contributed by atoms with Crippen molar-refractivity contribution in [3.05, 3.63) is 0 Å². The predicted molar refractivity (Wildman–Crippen MR) is 145 cm³/mol. The monoisotopic (exact) mass is 550 g/mol. The van der Waals surface area contributed by atoms with Crippen molar-refractivity contribution >= 4 is 35.1 Å². The van der Waals surface area contributed by atoms with E-state index in [0.29, 0.717) is 29.5 Å². The first-order valence-electron chi connectivity index (χ1n) is 14.6. The van der Waals surface area contributed by atoms with Gasteiger partial charge in [-0.05, 0) is 120 Å². The maximum atomic E-state index is 12.7. The quantitative estimate of drug-likeness (QED) is 0.260. The Labute approximate surface area is 233 Å². The number of Topliss-reactive ketones (excluding diaryl/α,β-unsaturated/α-hetero) is 2. The number of ether oxygens (including phenoxy) is 2. The van der Waals surface area contributed by atoms with Gasteiger partial charge in [-0.1, -0.05) is 13.8 Å². The van der Waals surface area contributed by atoms with E-state index in [1.54, 1.807) is 20.8 Å². The molecule has 0 aliphatic heterocycles. The molecule has 0 aromatic rings. The van der Waals surface area contributed by atoms with Gasteiger partial charge in [0.05, 0.1) is 11.3 Å². The van der Waals surface area contributed by atoms with Gasteiger partial charge in [-0.2, -0.15) is 0 Å². The average molecular weight is 551 g/mol. The van der Waals surface area contributed by atoms with Crippen LogP contribution in [-0.2, 0) is 28.7 Å². The number of carbonyl (C=O) groups is 4. The number of rotatable bonds is 8. The highest BCUT2D eigenvalue weighted by Gasteiger charge is 2.61. The number of carbonyl (C=O) groups excluding carboxylic acids is 4. The van der Waals surface area contributed by atoms with Gasteiger partial charge in [0.1, 0.15) is 17.2 Å². The minimum absolute atomic E-state index is 0.0278. The third-order valence-corrected chi connectivity index (χ3v) is 11.7. The summed E-state index contributed by atoms with van der Waals surface area (Å²) < 4.78 is 11.2. The van der Waals surface area contributed by atoms with E-state index in [2.05, 4.69) is 13.8 Å². The van der Waals surface area contributed by atoms with Crippen LogP contribution in [0.5, 0.6) is 0 Å². The molecule has 0 unspecified atom stereocenters. The molecule has 0 aromatic carbocycles. The molecule has 0 radical (unpaired) electrons. The molecule has 7 heteroatoms. The van der Waals surface area contributed by atoms with Gasteiger partial charge in [-0.25, -0.2) is 4.79 Å². The summed E-state index contributed by atoms with van der Waals surface area (Å²) in [4.78, 5) is 49.3. The van der Waals surface area contributed by atoms with Gasteiger partial charge in [0.2, 0.25) is 0 Å². The summed E-state index contributed by atoms with van der Waals surface area (Å²) in [6.07, 6.45) is 9.56. The van der Waals surface area contributed by atoms with Crippen LogP contribution in [0, 0.1) is 45.8 Å². The van der Waals surface area contributed by atoms with Crippen molar-refractivity contribution in [3.63, 3.8) is 0 Å². The van der Waals surface area contributed by atoms with Crippen LogP contribution >= 0.6 is 11.6 Å². The maximum absolute atomic E-state index is 12.7. The first kappa shape index (κ1) is 29.6. The summed E-state index contributed by atoms with van der Waals surface area (Å²) in [7, 11) is 0. The molecule has 4 fully saturated rings. The van der Waals surface area contributed by atoms with Gasteiger partial charge in [0.15, 0.2) is 6.61 Å². The lowest BCUT2D eigenvalue weighted by Crippen LogP contribution is -2.56. The summed E-state index contributed by atoms with van der Waals surface area (Å²) in [5.74, 6) is 1.59. The molecular formula is C31H47ClO6. The van der Waals surface area contributed by atoms with E-state index in [4.69, 9.17) is 21.1 Å². The zero-order chi connectivity index (χ0) is 28.1. The second kappa shape index (κ2) is 10.5. The number of hydrogen-bond donors (Lipinski definition) is 0. The SMILES string of the molecule is CC(=O)[C@H]1CC[C@H]2[C@@H]3CC[C@H]4C[C@](C)(OC(=O)COC(=O)C(C)(C)CC(=O)CCl)CC[C@]4(C)[C@H]3CC[C@]12C. The third-order valence-electron chi connectivity index (χ3n) is 11.4. The normalized spacial score (nSPS) is 40.3. The van der Waals surface area contributed by atoms with E-state index in [1.807, 2.05) is 6.92 Å². The average Bonchev–Trinajstić information content (AvgIpc) is 3.20. The molecule has 4 saturated carbocycles. The van der Waals surface area contributed by atoms with Crippen molar-refractivity contribution in [2.45, 2.75) is 111 Å². The van der Waals surface area contributed by atoms with Crippen LogP contribution in [0.2, 0.25) is 0 Å². The van der Waals surface area contributed by atoms with Gasteiger partial charge in [0, 0.05) is 12.3 Å². The van der Waals surface area contributed by atoms with Crippen LogP contribution < -0.4 is 0 Å². The zero-order valence-electron chi connectivity index (χ0n) is 24.2. The predicted octanol–water partition coefficient (Wildman–Crippen LogP) is 6.30. The Morgan fingerprint density at radius 3 is 2.24 bits per heavy atom. The number of halogens is 1. The number of fused-ring (bicyclic) bond motifs is 5. The standard InChI is InChI=1S/C31H47ClO6/c1-19(33)23-9-10-24-22-8-7-20-15-29(4,13-14-30(20,5)25(22)11-12-31(23,24)6)38-26(35)18-37-27(36)28(2,3)16-21(34)17-32/h20,22-25H,7-18H2,1-6H3/t20-,22-,23+,24-,25-,29+,30-,31+/m0/s1. The Morgan fingerprint density at radius 2 is 1.58 bits per heavy atom. The van der Waals surface area contributed by atoms with E-state index in [1.165, 1.54) is 19.3 Å². The van der Waals surface area contributed by atoms with E-state index < -0.39 is 29.6 Å². The molecule has 4 aliphatic rings. The van der Waals surface area contributed by atoms with Gasteiger partial charge < -0.3 is 9.47 Å². The van der Waals surface area contributed by atoms with Crippen LogP contribution in [0.4, 0.5) is 0 Å². The number of hydrogen-bond acceptors (Lipinski definition) is 6. The molecule has 8 atom stereocenters. The summed E-state index contributed by atoms with van der Waals surface area (Å²) in [6.45, 7) is 11.5. The number of esters is 2. The fourth-order valence-corrected chi connectivity index (χ4v) is 9.51. The molecule has 4 aliphatic carbocycles. The minimum atomic E-state index is -1.04. The fraction of sp³-hybridized carbons (Fsp3) is 0.871. The summed E-state index contributed by atoms with van der Waals surface area (Å²) in [5, 5.41) is 0. The highest BCUT2D eigenvalue weighted by molar-refractivity contribution is 6.27. The first-order chi connectivity index (χ1) is 17.6. The molecule has 0 N–H and O–H groups in total. The van der Waals surface area contributed by atoms with E-state index >= 15 is 0 Å². The van der Waals surface area contributed by atoms with E-state index in [-0.39, 0.29) is 34.8 Å². The van der Waals surface area contributed by atoms with Crippen molar-refractivity contribution in [2.24, 2.45) is 45.8 Å². The van der Waals surface area contributed by atoms with Crippen LogP contribution in [0.25, 0.3) is 0 Å². The molecule has 214 valence electrons. The van der Waals surface area contributed by atoms with E-state index in [9.17, 15) is 19.2 Å². The van der Waals surface area contributed by atoms with Crippen molar-refractivity contribution < 1.29 is 28.7 Å². The second-order valence-corrected chi connectivity index (χ2v) is 14.6. The molecule has 0 heterocycles. The Morgan fingerprint density at radius 1 is 0.895 bits per heavy atom.